The minimum absolute atomic E-state index is 0. The van der Waals surface area contributed by atoms with Crippen molar-refractivity contribution in [2.45, 2.75) is 24.3 Å². The van der Waals surface area contributed by atoms with Crippen LogP contribution in [0.2, 0.25) is 0 Å². The zero-order valence-electron chi connectivity index (χ0n) is 15.3. The molecule has 144 valence electrons. The third-order valence-electron chi connectivity index (χ3n) is 3.41. The molecule has 1 aromatic carbocycles. The lowest BCUT2D eigenvalue weighted by molar-refractivity contribution is 0.179. The Hall–Kier alpha value is -1.19. The fourth-order valence-electron chi connectivity index (χ4n) is 2.27. The molecule has 0 spiro atoms. The molecule has 0 radical (unpaired) electrons. The molecule has 0 aliphatic rings. The number of aliphatic imine (C=N–C) groups is 1. The predicted molar refractivity (Wildman–Crippen MR) is 120 cm³/mol. The van der Waals surface area contributed by atoms with E-state index >= 15 is 0 Å². The Labute approximate surface area is 177 Å². The number of hydrogen-bond acceptors (Lipinski definition) is 4. The Balaban J connectivity index is 0.00000338. The highest BCUT2D eigenvalue weighted by Gasteiger charge is 2.05. The fourth-order valence-corrected chi connectivity index (χ4v) is 3.05. The summed E-state index contributed by atoms with van der Waals surface area (Å²) < 4.78 is 10.5. The predicted octanol–water partition coefficient (Wildman–Crippen LogP) is 3.80. The number of thioether (sulfide) groups is 1. The number of benzene rings is 1. The van der Waals surface area contributed by atoms with Gasteiger partial charge in [-0.15, -0.1) is 35.7 Å². The maximum Gasteiger partial charge on any atom is 0.191 e. The molecule has 0 amide bonds. The van der Waals surface area contributed by atoms with Crippen LogP contribution in [0.25, 0.3) is 0 Å². The summed E-state index contributed by atoms with van der Waals surface area (Å²) in [5.74, 6) is 2.74. The third-order valence-corrected chi connectivity index (χ3v) is 4.43. The van der Waals surface area contributed by atoms with Crippen molar-refractivity contribution in [3.8, 4) is 0 Å². The molecule has 26 heavy (non-hydrogen) atoms. The Morgan fingerprint density at radius 2 is 2.04 bits per heavy atom. The van der Waals surface area contributed by atoms with Crippen LogP contribution in [0.1, 0.15) is 12.7 Å². The highest BCUT2D eigenvalue weighted by Crippen LogP contribution is 2.15. The molecule has 0 saturated carbocycles. The van der Waals surface area contributed by atoms with Crippen molar-refractivity contribution in [2.75, 3.05) is 32.6 Å². The molecule has 0 bridgehead atoms. The third kappa shape index (κ3) is 9.49. The van der Waals surface area contributed by atoms with Crippen molar-refractivity contribution in [1.29, 1.82) is 0 Å². The van der Waals surface area contributed by atoms with Crippen LogP contribution in [0.5, 0.6) is 0 Å². The van der Waals surface area contributed by atoms with Crippen molar-refractivity contribution in [3.63, 3.8) is 0 Å². The summed E-state index contributed by atoms with van der Waals surface area (Å²) in [6, 6.07) is 14.5. The van der Waals surface area contributed by atoms with Crippen LogP contribution < -0.4 is 10.6 Å². The first kappa shape index (κ1) is 22.9. The number of methoxy groups -OCH3 is 1. The molecule has 0 aliphatic carbocycles. The van der Waals surface area contributed by atoms with E-state index in [9.17, 15) is 0 Å². The molecule has 2 N–H and O–H groups in total. The average molecular weight is 489 g/mol. The van der Waals surface area contributed by atoms with Crippen molar-refractivity contribution >= 4 is 41.7 Å². The summed E-state index contributed by atoms with van der Waals surface area (Å²) in [6.45, 7) is 4.23. The summed E-state index contributed by atoms with van der Waals surface area (Å²) in [4.78, 5) is 5.91. The number of guanidine groups is 1. The molecule has 2 rings (SSSR count). The van der Waals surface area contributed by atoms with Crippen LogP contribution >= 0.6 is 35.7 Å². The fraction of sp³-hybridized carbons (Fsp3) is 0.421. The van der Waals surface area contributed by atoms with Gasteiger partial charge < -0.3 is 19.8 Å². The van der Waals surface area contributed by atoms with E-state index in [4.69, 9.17) is 9.15 Å². The SMILES string of the molecule is COCC(C)NC(=NCCc1ccco1)NCCSc1ccccc1.I. The van der Waals surface area contributed by atoms with Gasteiger partial charge in [0.25, 0.3) is 0 Å². The van der Waals surface area contributed by atoms with Crippen molar-refractivity contribution in [1.82, 2.24) is 10.6 Å². The second-order valence-corrected chi connectivity index (χ2v) is 6.82. The number of hydrogen-bond donors (Lipinski definition) is 2. The first-order valence-corrected chi connectivity index (χ1v) is 9.50. The molecule has 0 aliphatic heterocycles. The molecule has 1 atom stereocenters. The number of nitrogens with zero attached hydrogens (tertiary/aromatic N) is 1. The Morgan fingerprint density at radius 3 is 2.73 bits per heavy atom. The monoisotopic (exact) mass is 489 g/mol. The molecular formula is C19H28IN3O2S. The van der Waals surface area contributed by atoms with E-state index in [2.05, 4.69) is 46.8 Å². The highest BCUT2D eigenvalue weighted by atomic mass is 127. The molecule has 1 unspecified atom stereocenters. The number of ether oxygens (including phenoxy) is 1. The van der Waals surface area contributed by atoms with Gasteiger partial charge >= 0.3 is 0 Å². The number of furan rings is 1. The molecule has 5 nitrogen and oxygen atoms in total. The molecule has 0 fully saturated rings. The van der Waals surface area contributed by atoms with Gasteiger partial charge in [-0.05, 0) is 31.2 Å². The lowest BCUT2D eigenvalue weighted by atomic mass is 10.3. The van der Waals surface area contributed by atoms with Crippen molar-refractivity contribution in [2.24, 2.45) is 4.99 Å². The normalized spacial score (nSPS) is 12.3. The van der Waals surface area contributed by atoms with Crippen molar-refractivity contribution < 1.29 is 9.15 Å². The van der Waals surface area contributed by atoms with E-state index in [0.29, 0.717) is 13.2 Å². The Kier molecular flexibility index (Phi) is 12.3. The highest BCUT2D eigenvalue weighted by molar-refractivity contribution is 14.0. The standard InChI is InChI=1S/C19H27N3O2S.HI/c1-16(15-23-2)22-19(20-11-10-17-7-6-13-24-17)21-12-14-25-18-8-4-3-5-9-18;/h3-9,13,16H,10-12,14-15H2,1-2H3,(H2,20,21,22);1H. The van der Waals surface area contributed by atoms with E-state index in [1.165, 1.54) is 4.90 Å². The summed E-state index contributed by atoms with van der Waals surface area (Å²) >= 11 is 1.83. The molecule has 7 heteroatoms. The number of nitrogens with one attached hydrogen (secondary N) is 2. The molecule has 1 heterocycles. The molecule has 0 saturated heterocycles. The van der Waals surface area contributed by atoms with Crippen LogP contribution in [-0.4, -0.2) is 44.6 Å². The summed E-state index contributed by atoms with van der Waals surface area (Å²) in [6.07, 6.45) is 2.48. The maximum atomic E-state index is 5.35. The lowest BCUT2D eigenvalue weighted by Gasteiger charge is -2.17. The van der Waals surface area contributed by atoms with Crippen LogP contribution in [0.15, 0.2) is 63.0 Å². The van der Waals surface area contributed by atoms with Crippen LogP contribution in [0.4, 0.5) is 0 Å². The Morgan fingerprint density at radius 1 is 1.23 bits per heavy atom. The zero-order valence-corrected chi connectivity index (χ0v) is 18.5. The van der Waals surface area contributed by atoms with Gasteiger partial charge in [0.15, 0.2) is 5.96 Å². The summed E-state index contributed by atoms with van der Waals surface area (Å²) in [5.41, 5.74) is 0. The van der Waals surface area contributed by atoms with Gasteiger partial charge in [-0.1, -0.05) is 18.2 Å². The van der Waals surface area contributed by atoms with E-state index in [-0.39, 0.29) is 30.0 Å². The van der Waals surface area contributed by atoms with Gasteiger partial charge in [-0.2, -0.15) is 0 Å². The largest absolute Gasteiger partial charge is 0.469 e. The zero-order chi connectivity index (χ0) is 17.7. The topological polar surface area (TPSA) is 58.8 Å². The second-order valence-electron chi connectivity index (χ2n) is 5.65. The van der Waals surface area contributed by atoms with Gasteiger partial charge in [-0.25, -0.2) is 0 Å². The van der Waals surface area contributed by atoms with Gasteiger partial charge in [0.1, 0.15) is 5.76 Å². The quantitative estimate of drug-likeness (QED) is 0.175. The molecule has 2 aromatic rings. The smallest absolute Gasteiger partial charge is 0.191 e. The minimum atomic E-state index is 0. The second kappa shape index (κ2) is 13.9. The Bertz CT molecular complexity index is 609. The summed E-state index contributed by atoms with van der Waals surface area (Å²) in [5, 5.41) is 6.76. The first-order valence-electron chi connectivity index (χ1n) is 8.52. The van der Waals surface area contributed by atoms with E-state index in [0.717, 1.165) is 30.4 Å². The average Bonchev–Trinajstić information content (AvgIpc) is 3.13. The molecule has 1 aromatic heterocycles. The van der Waals surface area contributed by atoms with Crippen LogP contribution in [0.3, 0.4) is 0 Å². The number of rotatable bonds is 10. The molecular weight excluding hydrogens is 461 g/mol. The van der Waals surface area contributed by atoms with E-state index < -0.39 is 0 Å². The van der Waals surface area contributed by atoms with Crippen LogP contribution in [0, 0.1) is 0 Å². The van der Waals surface area contributed by atoms with Gasteiger partial charge in [-0.3, -0.25) is 4.99 Å². The van der Waals surface area contributed by atoms with E-state index in [1.54, 1.807) is 13.4 Å². The maximum absolute atomic E-state index is 5.35. The first-order chi connectivity index (χ1) is 12.3. The number of halogens is 1. The lowest BCUT2D eigenvalue weighted by Crippen LogP contribution is -2.44. The van der Waals surface area contributed by atoms with Crippen molar-refractivity contribution in [3.05, 3.63) is 54.5 Å². The van der Waals surface area contributed by atoms with Gasteiger partial charge in [0.2, 0.25) is 0 Å². The minimum Gasteiger partial charge on any atom is -0.469 e. The van der Waals surface area contributed by atoms with Crippen LogP contribution in [-0.2, 0) is 11.2 Å². The van der Waals surface area contributed by atoms with E-state index in [1.807, 2.05) is 30.0 Å². The summed E-state index contributed by atoms with van der Waals surface area (Å²) in [7, 11) is 1.70. The van der Waals surface area contributed by atoms with Gasteiger partial charge in [0.05, 0.1) is 12.9 Å². The van der Waals surface area contributed by atoms with Gasteiger partial charge in [0, 0.05) is 43.3 Å².